The lowest BCUT2D eigenvalue weighted by Gasteiger charge is -2.33. The molecule has 1 amide bonds. The summed E-state index contributed by atoms with van der Waals surface area (Å²) in [6, 6.07) is 18.3. The van der Waals surface area contributed by atoms with Gasteiger partial charge in [-0.2, -0.15) is 0 Å². The second kappa shape index (κ2) is 12.2. The fourth-order valence-corrected chi connectivity index (χ4v) is 3.70. The Morgan fingerprint density at radius 3 is 2.38 bits per heavy atom. The van der Waals surface area contributed by atoms with Gasteiger partial charge in [-0.3, -0.25) is 9.69 Å². The number of nitrogens with zero attached hydrogens (tertiary/aromatic N) is 1. The number of hydrogen-bond donors (Lipinski definition) is 2. The van der Waals surface area contributed by atoms with Crippen LogP contribution in [0.1, 0.15) is 50.3 Å². The summed E-state index contributed by atoms with van der Waals surface area (Å²) < 4.78 is 0. The van der Waals surface area contributed by atoms with E-state index in [9.17, 15) is 4.79 Å². The molecule has 0 saturated carbocycles. The minimum absolute atomic E-state index is 0. The topological polar surface area (TPSA) is 58.4 Å². The van der Waals surface area contributed by atoms with Crippen LogP contribution in [0.4, 0.5) is 5.69 Å². The first-order valence-electron chi connectivity index (χ1n) is 9.99. The monoisotopic (exact) mass is 437 g/mol. The van der Waals surface area contributed by atoms with E-state index in [0.29, 0.717) is 6.04 Å². The summed E-state index contributed by atoms with van der Waals surface area (Å²) in [5, 5.41) is 3.00. The van der Waals surface area contributed by atoms with Gasteiger partial charge in [-0.1, -0.05) is 55.8 Å². The van der Waals surface area contributed by atoms with Gasteiger partial charge in [0.2, 0.25) is 5.91 Å². The number of benzene rings is 2. The Kier molecular flexibility index (Phi) is 10.7. The number of hydrogen-bond acceptors (Lipinski definition) is 3. The van der Waals surface area contributed by atoms with Crippen LogP contribution in [0.2, 0.25) is 0 Å². The Bertz CT molecular complexity index is 740. The van der Waals surface area contributed by atoms with Crippen LogP contribution in [0, 0.1) is 5.92 Å². The van der Waals surface area contributed by atoms with Gasteiger partial charge < -0.3 is 11.1 Å². The predicted molar refractivity (Wildman–Crippen MR) is 126 cm³/mol. The minimum Gasteiger partial charge on any atom is -0.326 e. The van der Waals surface area contributed by atoms with Crippen LogP contribution in [0.25, 0.3) is 0 Å². The van der Waals surface area contributed by atoms with Crippen LogP contribution < -0.4 is 11.1 Å². The van der Waals surface area contributed by atoms with Gasteiger partial charge in [-0.15, -0.1) is 24.8 Å². The zero-order valence-electron chi connectivity index (χ0n) is 17.2. The number of likely N-dealkylation sites (tertiary alicyclic amines) is 1. The van der Waals surface area contributed by atoms with Gasteiger partial charge in [0.1, 0.15) is 0 Å². The highest BCUT2D eigenvalue weighted by Gasteiger charge is 2.22. The summed E-state index contributed by atoms with van der Waals surface area (Å²) in [6.07, 6.45) is 3.91. The third kappa shape index (κ3) is 7.00. The molecule has 0 radical (unpaired) electrons. The van der Waals surface area contributed by atoms with E-state index in [4.69, 9.17) is 5.73 Å². The van der Waals surface area contributed by atoms with E-state index >= 15 is 0 Å². The van der Waals surface area contributed by atoms with E-state index in [1.165, 1.54) is 31.4 Å². The van der Waals surface area contributed by atoms with Gasteiger partial charge in [0, 0.05) is 24.3 Å². The number of rotatable bonds is 6. The maximum atomic E-state index is 12.6. The Hall–Kier alpha value is -1.59. The van der Waals surface area contributed by atoms with Crippen LogP contribution >= 0.6 is 24.8 Å². The van der Waals surface area contributed by atoms with Gasteiger partial charge in [0.15, 0.2) is 0 Å². The summed E-state index contributed by atoms with van der Waals surface area (Å²) in [4.78, 5) is 15.1. The van der Waals surface area contributed by atoms with Gasteiger partial charge >= 0.3 is 0 Å². The first-order valence-corrected chi connectivity index (χ1v) is 9.99. The van der Waals surface area contributed by atoms with E-state index in [1.54, 1.807) is 0 Å². The van der Waals surface area contributed by atoms with Crippen LogP contribution in [0.15, 0.2) is 54.6 Å². The Morgan fingerprint density at radius 2 is 1.76 bits per heavy atom. The quantitative estimate of drug-likeness (QED) is 0.654. The molecular formula is C23H33Cl2N3O. The highest BCUT2D eigenvalue weighted by Crippen LogP contribution is 2.22. The molecule has 29 heavy (non-hydrogen) atoms. The smallest absolute Gasteiger partial charge is 0.229 e. The third-order valence-electron chi connectivity index (χ3n) is 5.68. The molecule has 160 valence electrons. The molecule has 0 bridgehead atoms. The van der Waals surface area contributed by atoms with Crippen molar-refractivity contribution in [1.82, 2.24) is 4.90 Å². The molecule has 1 saturated heterocycles. The number of anilines is 1. The minimum atomic E-state index is -0.314. The number of nitrogens with two attached hydrogens (primary N) is 1. The van der Waals surface area contributed by atoms with E-state index in [2.05, 4.69) is 29.3 Å². The van der Waals surface area contributed by atoms with Crippen molar-refractivity contribution in [3.8, 4) is 0 Å². The Balaban J connectivity index is 0.00000210. The van der Waals surface area contributed by atoms with Crippen molar-refractivity contribution < 1.29 is 4.79 Å². The molecule has 3 unspecified atom stereocenters. The molecule has 2 aromatic carbocycles. The molecule has 0 aromatic heterocycles. The van der Waals surface area contributed by atoms with Gasteiger partial charge in [-0.05, 0) is 49.6 Å². The van der Waals surface area contributed by atoms with Crippen molar-refractivity contribution in [3.05, 3.63) is 65.7 Å². The SMILES string of the molecule is CC(C(=O)Nc1ccc(CN2CCCCC2C)cc1)C(N)c1ccccc1.Cl.Cl. The molecule has 3 N–H and O–H groups in total. The highest BCUT2D eigenvalue weighted by molar-refractivity contribution is 5.92. The van der Waals surface area contributed by atoms with E-state index in [0.717, 1.165) is 17.8 Å². The largest absolute Gasteiger partial charge is 0.326 e. The van der Waals surface area contributed by atoms with Crippen LogP contribution in [-0.4, -0.2) is 23.4 Å². The first kappa shape index (κ1) is 25.4. The number of amides is 1. The average Bonchev–Trinajstić information content (AvgIpc) is 2.70. The second-order valence-corrected chi connectivity index (χ2v) is 7.73. The molecule has 1 aliphatic rings. The number of carbonyl (C=O) groups is 1. The lowest BCUT2D eigenvalue weighted by atomic mass is 9.94. The van der Waals surface area contributed by atoms with Crippen molar-refractivity contribution >= 4 is 36.4 Å². The predicted octanol–water partition coefficient (Wildman–Crippen LogP) is 5.18. The van der Waals surface area contributed by atoms with Crippen molar-refractivity contribution in [2.45, 2.75) is 51.7 Å². The fraction of sp³-hybridized carbons (Fsp3) is 0.435. The van der Waals surface area contributed by atoms with E-state index in [1.807, 2.05) is 49.4 Å². The molecular weight excluding hydrogens is 405 g/mol. The second-order valence-electron chi connectivity index (χ2n) is 7.73. The lowest BCUT2D eigenvalue weighted by Crippen LogP contribution is -2.36. The molecule has 1 aliphatic heterocycles. The van der Waals surface area contributed by atoms with Crippen LogP contribution in [0.3, 0.4) is 0 Å². The van der Waals surface area contributed by atoms with Gasteiger partial charge in [0.05, 0.1) is 5.92 Å². The van der Waals surface area contributed by atoms with Gasteiger partial charge in [-0.25, -0.2) is 0 Å². The van der Waals surface area contributed by atoms with Crippen molar-refractivity contribution in [1.29, 1.82) is 0 Å². The maximum Gasteiger partial charge on any atom is 0.229 e. The van der Waals surface area contributed by atoms with Gasteiger partial charge in [0.25, 0.3) is 0 Å². The number of carbonyl (C=O) groups excluding carboxylic acids is 1. The zero-order chi connectivity index (χ0) is 19.2. The maximum absolute atomic E-state index is 12.6. The molecule has 4 nitrogen and oxygen atoms in total. The standard InChI is InChI=1S/C23H31N3O.2ClH/c1-17-8-6-7-15-26(17)16-19-11-13-21(14-12-19)25-23(27)18(2)22(24)20-9-4-3-5-10-20;;/h3-5,9-14,17-18,22H,6-8,15-16,24H2,1-2H3,(H,25,27);2*1H. The normalized spacial score (nSPS) is 18.7. The number of halogens is 2. The van der Waals surface area contributed by atoms with Crippen molar-refractivity contribution in [2.75, 3.05) is 11.9 Å². The summed E-state index contributed by atoms with van der Waals surface area (Å²) in [5.41, 5.74) is 9.36. The zero-order valence-corrected chi connectivity index (χ0v) is 18.8. The molecule has 1 heterocycles. The number of nitrogens with one attached hydrogen (secondary N) is 1. The van der Waals surface area contributed by atoms with E-state index < -0.39 is 0 Å². The molecule has 1 fully saturated rings. The Morgan fingerprint density at radius 1 is 1.10 bits per heavy atom. The highest BCUT2D eigenvalue weighted by atomic mass is 35.5. The molecule has 6 heteroatoms. The molecule has 0 spiro atoms. The summed E-state index contributed by atoms with van der Waals surface area (Å²) in [6.45, 7) is 6.34. The number of piperidine rings is 1. The summed E-state index contributed by atoms with van der Waals surface area (Å²) >= 11 is 0. The fourth-order valence-electron chi connectivity index (χ4n) is 3.70. The van der Waals surface area contributed by atoms with Crippen LogP contribution in [-0.2, 0) is 11.3 Å². The molecule has 3 atom stereocenters. The average molecular weight is 438 g/mol. The Labute approximate surface area is 187 Å². The summed E-state index contributed by atoms with van der Waals surface area (Å²) in [5.74, 6) is -0.356. The molecule has 3 rings (SSSR count). The first-order chi connectivity index (χ1) is 13.0. The molecule has 2 aromatic rings. The van der Waals surface area contributed by atoms with E-state index in [-0.39, 0.29) is 42.7 Å². The van der Waals surface area contributed by atoms with Crippen molar-refractivity contribution in [3.63, 3.8) is 0 Å². The summed E-state index contributed by atoms with van der Waals surface area (Å²) in [7, 11) is 0. The molecule has 0 aliphatic carbocycles. The third-order valence-corrected chi connectivity index (χ3v) is 5.68. The van der Waals surface area contributed by atoms with Crippen LogP contribution in [0.5, 0.6) is 0 Å². The lowest BCUT2D eigenvalue weighted by molar-refractivity contribution is -0.120. The van der Waals surface area contributed by atoms with Crippen molar-refractivity contribution in [2.24, 2.45) is 11.7 Å².